The van der Waals surface area contributed by atoms with Crippen LogP contribution in [0.2, 0.25) is 0 Å². The maximum absolute atomic E-state index is 14.2. The molecule has 7 aromatic carbocycles. The number of hydrogen-bond acceptors (Lipinski definition) is 2. The molecule has 1 fully saturated rings. The number of benzene rings is 7. The van der Waals surface area contributed by atoms with E-state index in [4.69, 9.17) is 0 Å². The van der Waals surface area contributed by atoms with Gasteiger partial charge in [0, 0.05) is 38.2 Å². The van der Waals surface area contributed by atoms with Crippen LogP contribution in [0.4, 0.5) is 127 Å². The Morgan fingerprint density at radius 1 is 0.337 bits per heavy atom. The minimum Gasteiger partial charge on any atom is -0.291 e. The van der Waals surface area contributed by atoms with E-state index in [0.29, 0.717) is 10.3 Å². The van der Waals surface area contributed by atoms with Gasteiger partial charge in [0.25, 0.3) is 0 Å². The molecular formula is C69H56BF29FeN2P2. The summed E-state index contributed by atoms with van der Waals surface area (Å²) in [6.45, 7) is 16.9. The van der Waals surface area contributed by atoms with E-state index in [1.807, 2.05) is 0 Å². The molecule has 1 saturated heterocycles. The molecule has 2 aliphatic rings. The monoisotopic (exact) mass is 1590 g/mol. The van der Waals surface area contributed by atoms with E-state index < -0.39 is 229 Å². The van der Waals surface area contributed by atoms with Gasteiger partial charge in [0.15, 0.2) is 29.1 Å². The fourth-order valence-corrected chi connectivity index (χ4v) is 16.3. The fourth-order valence-electron chi connectivity index (χ4n) is 11.4. The van der Waals surface area contributed by atoms with E-state index >= 15 is 0 Å². The van der Waals surface area contributed by atoms with Crippen molar-refractivity contribution in [3.8, 4) is 0 Å². The number of rotatable bonds is 9. The molecular weight excluding hydrogens is 1540 g/mol. The third kappa shape index (κ3) is 21.1. The minimum atomic E-state index is -6.13. The van der Waals surface area contributed by atoms with Crippen LogP contribution in [0.15, 0.2) is 146 Å². The summed E-state index contributed by atoms with van der Waals surface area (Å²) in [5, 5.41) is 0.724. The van der Waals surface area contributed by atoms with E-state index in [9.17, 15) is 127 Å². The first-order valence-electron chi connectivity index (χ1n) is 30.1. The molecule has 1 aliphatic heterocycles. The molecule has 566 valence electrons. The van der Waals surface area contributed by atoms with E-state index in [-0.39, 0.29) is 44.9 Å². The molecule has 9 rings (SSSR count). The van der Waals surface area contributed by atoms with E-state index in [1.54, 1.807) is 0 Å². The number of allylic oxidation sites excluding steroid dienone is 4. The van der Waals surface area contributed by atoms with Crippen molar-refractivity contribution in [3.05, 3.63) is 242 Å². The summed E-state index contributed by atoms with van der Waals surface area (Å²) in [5.41, 5.74) is -28.2. The van der Waals surface area contributed by atoms with Crippen molar-refractivity contribution < 1.29 is 144 Å². The molecule has 1 heterocycles. The van der Waals surface area contributed by atoms with Crippen LogP contribution in [0.1, 0.15) is 109 Å². The van der Waals surface area contributed by atoms with Crippen LogP contribution in [0.5, 0.6) is 0 Å². The Morgan fingerprint density at radius 2 is 0.558 bits per heavy atom. The Labute approximate surface area is 589 Å². The van der Waals surface area contributed by atoms with Gasteiger partial charge < -0.3 is 0 Å². The Kier molecular flexibility index (Phi) is 26.3. The second-order valence-corrected chi connectivity index (χ2v) is 32.0. The molecule has 0 saturated carbocycles. The number of halogens is 29. The van der Waals surface area contributed by atoms with Gasteiger partial charge in [0.1, 0.15) is 6.15 Å². The van der Waals surface area contributed by atoms with Gasteiger partial charge in [-0.1, -0.05) is 173 Å². The van der Waals surface area contributed by atoms with Crippen LogP contribution < -0.4 is 21.9 Å². The quantitative estimate of drug-likeness (QED) is 0.0355. The molecule has 104 heavy (non-hydrogen) atoms. The second-order valence-electron chi connectivity index (χ2n) is 26.0. The van der Waals surface area contributed by atoms with Gasteiger partial charge in [-0.05, 0) is 51.3 Å². The van der Waals surface area contributed by atoms with Crippen molar-refractivity contribution in [2.24, 2.45) is 0 Å². The maximum Gasteiger partial charge on any atom is 2.00 e. The zero-order valence-corrected chi connectivity index (χ0v) is 57.4. The molecule has 0 amide bonds. The summed E-state index contributed by atoms with van der Waals surface area (Å²) >= 11 is 0. The summed E-state index contributed by atoms with van der Waals surface area (Å²) < 4.78 is 406. The van der Waals surface area contributed by atoms with E-state index in [2.05, 4.69) is 118 Å². The Hall–Kier alpha value is -6.65. The van der Waals surface area contributed by atoms with Gasteiger partial charge in [0.2, 0.25) is 0 Å². The first-order chi connectivity index (χ1) is 46.9. The molecule has 0 N–H and O–H groups in total. The van der Waals surface area contributed by atoms with E-state index in [1.165, 1.54) is 48.4 Å². The number of nitrogens with zero attached hydrogens (tertiary/aromatic N) is 2. The van der Waals surface area contributed by atoms with Crippen LogP contribution in [0.3, 0.4) is 0 Å². The zero-order valence-electron chi connectivity index (χ0n) is 54.5. The average Bonchev–Trinajstić information content (AvgIpc) is 0.746. The van der Waals surface area contributed by atoms with Gasteiger partial charge in [-0.3, -0.25) is 15.9 Å². The predicted octanol–water partition coefficient (Wildman–Crippen LogP) is 22.1. The molecule has 1 aliphatic carbocycles. The van der Waals surface area contributed by atoms with Crippen molar-refractivity contribution >= 4 is 49.4 Å². The summed E-state index contributed by atoms with van der Waals surface area (Å²) in [4.78, 5) is 5.59. The van der Waals surface area contributed by atoms with E-state index in [0.717, 1.165) is 13.1 Å². The first kappa shape index (κ1) is 86.3. The third-order valence-corrected chi connectivity index (χ3v) is 23.3. The van der Waals surface area contributed by atoms with Crippen LogP contribution >= 0.6 is 15.8 Å². The summed E-state index contributed by atoms with van der Waals surface area (Å²) in [5.74, 6) is -9.61. The number of hydrogen-bond donors (Lipinski definition) is 0. The number of alkyl halides is 24. The van der Waals surface area contributed by atoms with Crippen LogP contribution in [-0.2, 0) is 79.6 Å². The molecule has 0 aromatic heterocycles. The SMILES string of the molecule is CC(C)(C)P1CN(Cc2ccccc2)CP(C(C)(C)C)CN(Cc2ccccc2)C1.FC(F)(F)c1cc([B-](c2cc(C(F)(F)F)cc(C(F)(F)F)c2)(c2cc(C(F)(F)F)cc(C(F)(F)F)c2)c2cc(C(F)(F)F)cc(C(F)(F)F)c2)cc(C(F)(F)F)c1.Fc1c(F)c(F)c(C2=C[C-]=CC2)c(F)c1F.[Fe+2]. The normalized spacial score (nSPS) is 16.5. The molecule has 0 bridgehead atoms. The van der Waals surface area contributed by atoms with Gasteiger partial charge in [0.05, 0.1) is 44.5 Å². The van der Waals surface area contributed by atoms with Gasteiger partial charge in [-0.15, -0.1) is 0 Å². The standard InChI is InChI=1S/C32H12BF24.C26H40N2P2.C11H4F5.Fe/c34-25(35,36)13-1-14(26(37,38)39)6-21(5-13)33(22-7-15(27(40,41)42)2-16(8-22)28(43,44)45,23-9-17(29(46,47)48)3-18(10-23)30(49,50)51)24-11-19(31(52,53)54)4-20(12-24)32(55,56)57;1-25(2,3)29-19-27(17-23-13-9-7-10-14-23)21-30(26(4,5)6)22-28(20-29)18-24-15-11-8-12-16-24;12-7-6(5-3-1-2-4-5)8(13)10(15)11(16)9(7)14;/h1-12H;7-16H,17-22H2,1-6H3;1,4H,3H2;/q-1;;-1;+2. The molecule has 0 atom stereocenters. The van der Waals surface area contributed by atoms with Crippen LogP contribution in [0, 0.1) is 35.2 Å². The van der Waals surface area contributed by atoms with Crippen molar-refractivity contribution in [1.29, 1.82) is 0 Å². The van der Waals surface area contributed by atoms with Crippen molar-refractivity contribution in [2.45, 2.75) is 121 Å². The fraction of sp³-hybridized carbons (Fsp3) is 0.333. The molecule has 2 nitrogen and oxygen atoms in total. The largest absolute Gasteiger partial charge is 2.00 e. The summed E-state index contributed by atoms with van der Waals surface area (Å²) in [7, 11) is -0.240. The third-order valence-electron chi connectivity index (χ3n) is 16.5. The maximum atomic E-state index is 14.2. The Balaban J connectivity index is 0.000000296. The minimum absolute atomic E-state index is 0. The van der Waals surface area contributed by atoms with Crippen molar-refractivity contribution in [1.82, 2.24) is 9.80 Å². The topological polar surface area (TPSA) is 6.48 Å². The van der Waals surface area contributed by atoms with Gasteiger partial charge in [-0.25, -0.2) is 28.0 Å². The summed E-state index contributed by atoms with van der Waals surface area (Å²) in [6, 6.07) is 13.3. The molecule has 35 heteroatoms. The van der Waals surface area contributed by atoms with Crippen LogP contribution in [-0.4, -0.2) is 51.4 Å². The Morgan fingerprint density at radius 3 is 0.750 bits per heavy atom. The van der Waals surface area contributed by atoms with Gasteiger partial charge in [-0.2, -0.15) is 139 Å². The molecule has 7 aromatic rings. The zero-order chi connectivity index (χ0) is 77.6. The van der Waals surface area contributed by atoms with Gasteiger partial charge >= 0.3 is 66.5 Å². The van der Waals surface area contributed by atoms with Crippen LogP contribution in [0.25, 0.3) is 5.57 Å². The van der Waals surface area contributed by atoms with Crippen molar-refractivity contribution in [3.63, 3.8) is 0 Å². The molecule has 0 unspecified atom stereocenters. The molecule has 0 spiro atoms. The Bertz CT molecular complexity index is 3650. The van der Waals surface area contributed by atoms with Crippen molar-refractivity contribution in [2.75, 3.05) is 25.1 Å². The molecule has 0 radical (unpaired) electrons. The average molecular weight is 1590 g/mol. The smallest absolute Gasteiger partial charge is 0.291 e. The summed E-state index contributed by atoms with van der Waals surface area (Å²) in [6.07, 6.45) is -44.6. The second kappa shape index (κ2) is 31.7. The predicted molar refractivity (Wildman–Crippen MR) is 333 cm³/mol. The first-order valence-corrected chi connectivity index (χ1v) is 33.5.